The van der Waals surface area contributed by atoms with Crippen molar-refractivity contribution in [1.29, 1.82) is 0 Å². The molecule has 1 aliphatic carbocycles. The van der Waals surface area contributed by atoms with Crippen molar-refractivity contribution < 1.29 is 18.3 Å². The molecule has 0 bridgehead atoms. The molecule has 122 valence electrons. The normalized spacial score (nSPS) is 16.8. The molecule has 0 spiro atoms. The van der Waals surface area contributed by atoms with E-state index >= 15 is 0 Å². The first kappa shape index (κ1) is 16.7. The SMILES string of the molecule is C=CCN(CC(=O)O)S(=O)(=O)c1cnn(C2CCCCC2)c1. The highest BCUT2D eigenvalue weighted by molar-refractivity contribution is 7.89. The second-order valence-electron chi connectivity index (χ2n) is 5.43. The van der Waals surface area contributed by atoms with Gasteiger partial charge in [-0.3, -0.25) is 9.48 Å². The fourth-order valence-electron chi connectivity index (χ4n) is 2.69. The van der Waals surface area contributed by atoms with Crippen LogP contribution in [-0.4, -0.2) is 46.7 Å². The van der Waals surface area contributed by atoms with Crippen LogP contribution in [-0.2, 0) is 14.8 Å². The maximum absolute atomic E-state index is 12.5. The van der Waals surface area contributed by atoms with Gasteiger partial charge >= 0.3 is 5.97 Å². The maximum atomic E-state index is 12.5. The minimum atomic E-state index is -3.88. The van der Waals surface area contributed by atoms with Crippen LogP contribution in [0.5, 0.6) is 0 Å². The molecule has 8 heteroatoms. The fourth-order valence-corrected chi connectivity index (χ4v) is 3.99. The molecule has 22 heavy (non-hydrogen) atoms. The van der Waals surface area contributed by atoms with Gasteiger partial charge in [-0.15, -0.1) is 6.58 Å². The summed E-state index contributed by atoms with van der Waals surface area (Å²) in [6.45, 7) is 2.83. The second kappa shape index (κ2) is 7.06. The summed E-state index contributed by atoms with van der Waals surface area (Å²) in [4.78, 5) is 10.9. The first-order valence-corrected chi connectivity index (χ1v) is 8.76. The summed E-state index contributed by atoms with van der Waals surface area (Å²) >= 11 is 0. The van der Waals surface area contributed by atoms with Crippen molar-refractivity contribution >= 4 is 16.0 Å². The largest absolute Gasteiger partial charge is 0.480 e. The number of aromatic nitrogens is 2. The van der Waals surface area contributed by atoms with Crippen molar-refractivity contribution in [1.82, 2.24) is 14.1 Å². The monoisotopic (exact) mass is 327 g/mol. The number of carboxylic acid groups (broad SMARTS) is 1. The van der Waals surface area contributed by atoms with Crippen LogP contribution in [0, 0.1) is 0 Å². The molecular formula is C14H21N3O4S. The molecule has 1 fully saturated rings. The van der Waals surface area contributed by atoms with Gasteiger partial charge in [0.25, 0.3) is 0 Å². The molecular weight excluding hydrogens is 306 g/mol. The summed E-state index contributed by atoms with van der Waals surface area (Å²) in [5.41, 5.74) is 0. The molecule has 0 aliphatic heterocycles. The molecule has 0 amide bonds. The Kier molecular flexibility index (Phi) is 5.36. The van der Waals surface area contributed by atoms with Gasteiger partial charge in [-0.1, -0.05) is 25.3 Å². The molecule has 1 N–H and O–H groups in total. The van der Waals surface area contributed by atoms with Crippen molar-refractivity contribution in [2.24, 2.45) is 0 Å². The molecule has 1 aromatic rings. The van der Waals surface area contributed by atoms with E-state index in [-0.39, 0.29) is 17.5 Å². The number of carboxylic acids is 1. The van der Waals surface area contributed by atoms with Crippen molar-refractivity contribution in [2.75, 3.05) is 13.1 Å². The Morgan fingerprint density at radius 1 is 1.45 bits per heavy atom. The highest BCUT2D eigenvalue weighted by Gasteiger charge is 2.28. The third kappa shape index (κ3) is 3.75. The van der Waals surface area contributed by atoms with Crippen LogP contribution in [0.15, 0.2) is 29.9 Å². The van der Waals surface area contributed by atoms with Gasteiger partial charge in [0.1, 0.15) is 11.4 Å². The van der Waals surface area contributed by atoms with E-state index in [0.717, 1.165) is 30.0 Å². The molecule has 0 atom stereocenters. The molecule has 0 radical (unpaired) electrons. The van der Waals surface area contributed by atoms with E-state index in [1.807, 2.05) is 0 Å². The van der Waals surface area contributed by atoms with Gasteiger partial charge in [-0.25, -0.2) is 8.42 Å². The van der Waals surface area contributed by atoms with E-state index in [1.54, 1.807) is 4.68 Å². The lowest BCUT2D eigenvalue weighted by atomic mass is 9.96. The Balaban J connectivity index is 2.22. The highest BCUT2D eigenvalue weighted by atomic mass is 32.2. The Morgan fingerprint density at radius 3 is 2.73 bits per heavy atom. The average Bonchev–Trinajstić information content (AvgIpc) is 2.98. The van der Waals surface area contributed by atoms with Gasteiger partial charge in [0, 0.05) is 12.7 Å². The van der Waals surface area contributed by atoms with Crippen LogP contribution >= 0.6 is 0 Å². The Hall–Kier alpha value is -1.67. The molecule has 7 nitrogen and oxygen atoms in total. The number of hydrogen-bond donors (Lipinski definition) is 1. The Morgan fingerprint density at radius 2 is 2.14 bits per heavy atom. The van der Waals surface area contributed by atoms with Gasteiger partial charge in [-0.05, 0) is 12.8 Å². The summed E-state index contributed by atoms with van der Waals surface area (Å²) in [7, 11) is -3.88. The standard InChI is InChI=1S/C14H21N3O4S/c1-2-8-16(11-14(18)19)22(20,21)13-9-15-17(10-13)12-6-4-3-5-7-12/h2,9-10,12H,1,3-8,11H2,(H,18,19). The molecule has 1 aromatic heterocycles. The average molecular weight is 327 g/mol. The number of sulfonamides is 1. The van der Waals surface area contributed by atoms with E-state index < -0.39 is 22.5 Å². The topological polar surface area (TPSA) is 92.5 Å². The van der Waals surface area contributed by atoms with E-state index in [2.05, 4.69) is 11.7 Å². The molecule has 1 heterocycles. The maximum Gasteiger partial charge on any atom is 0.318 e. The number of nitrogens with zero attached hydrogens (tertiary/aromatic N) is 3. The van der Waals surface area contributed by atoms with Crippen molar-refractivity contribution in [3.05, 3.63) is 25.0 Å². The highest BCUT2D eigenvalue weighted by Crippen LogP contribution is 2.28. The third-order valence-electron chi connectivity index (χ3n) is 3.81. The van der Waals surface area contributed by atoms with Crippen molar-refractivity contribution in [3.8, 4) is 0 Å². The van der Waals surface area contributed by atoms with Gasteiger partial charge < -0.3 is 5.11 Å². The summed E-state index contributed by atoms with van der Waals surface area (Å²) in [5.74, 6) is -1.20. The van der Waals surface area contributed by atoms with Gasteiger partial charge in [0.05, 0.1) is 12.2 Å². The van der Waals surface area contributed by atoms with Crippen LogP contribution < -0.4 is 0 Å². The van der Waals surface area contributed by atoms with Crippen LogP contribution in [0.2, 0.25) is 0 Å². The zero-order valence-electron chi connectivity index (χ0n) is 12.4. The van der Waals surface area contributed by atoms with Crippen LogP contribution in [0.1, 0.15) is 38.1 Å². The summed E-state index contributed by atoms with van der Waals surface area (Å²) in [6.07, 6.45) is 9.59. The first-order chi connectivity index (χ1) is 10.4. The smallest absolute Gasteiger partial charge is 0.318 e. The zero-order chi connectivity index (χ0) is 16.2. The van der Waals surface area contributed by atoms with Gasteiger partial charge in [0.2, 0.25) is 10.0 Å². The van der Waals surface area contributed by atoms with Crippen molar-refractivity contribution in [2.45, 2.75) is 43.0 Å². The Labute approximate surface area is 130 Å². The minimum absolute atomic E-state index is 0.0289. The summed E-state index contributed by atoms with van der Waals surface area (Å²) < 4.78 is 27.6. The number of rotatable bonds is 7. The molecule has 1 aliphatic rings. The van der Waals surface area contributed by atoms with Gasteiger partial charge in [-0.2, -0.15) is 9.40 Å². The number of hydrogen-bond acceptors (Lipinski definition) is 4. The minimum Gasteiger partial charge on any atom is -0.480 e. The van der Waals surface area contributed by atoms with Crippen molar-refractivity contribution in [3.63, 3.8) is 0 Å². The molecule has 2 rings (SSSR count). The van der Waals surface area contributed by atoms with E-state index in [9.17, 15) is 13.2 Å². The first-order valence-electron chi connectivity index (χ1n) is 7.32. The third-order valence-corrected chi connectivity index (χ3v) is 5.57. The lowest BCUT2D eigenvalue weighted by Crippen LogP contribution is -2.35. The quantitative estimate of drug-likeness (QED) is 0.769. The number of aliphatic carboxylic acids is 1. The lowest BCUT2D eigenvalue weighted by Gasteiger charge is -2.22. The van der Waals surface area contributed by atoms with E-state index in [1.165, 1.54) is 24.9 Å². The molecule has 0 aromatic carbocycles. The van der Waals surface area contributed by atoms with E-state index in [4.69, 9.17) is 5.11 Å². The van der Waals surface area contributed by atoms with Crippen LogP contribution in [0.3, 0.4) is 0 Å². The van der Waals surface area contributed by atoms with Gasteiger partial charge in [0.15, 0.2) is 0 Å². The lowest BCUT2D eigenvalue weighted by molar-refractivity contribution is -0.137. The summed E-state index contributed by atoms with van der Waals surface area (Å²) in [6, 6.07) is 0.227. The van der Waals surface area contributed by atoms with Crippen LogP contribution in [0.4, 0.5) is 0 Å². The molecule has 0 saturated heterocycles. The van der Waals surface area contributed by atoms with Crippen LogP contribution in [0.25, 0.3) is 0 Å². The second-order valence-corrected chi connectivity index (χ2v) is 7.37. The zero-order valence-corrected chi connectivity index (χ0v) is 13.2. The summed E-state index contributed by atoms with van der Waals surface area (Å²) in [5, 5.41) is 13.0. The molecule has 0 unspecified atom stereocenters. The Bertz CT molecular complexity index is 632. The fraction of sp³-hybridized carbons (Fsp3) is 0.571. The predicted molar refractivity (Wildman–Crippen MR) is 80.9 cm³/mol. The van der Waals surface area contributed by atoms with E-state index in [0.29, 0.717) is 0 Å². The number of carbonyl (C=O) groups is 1. The molecule has 1 saturated carbocycles. The predicted octanol–water partition coefficient (Wildman–Crippen LogP) is 1.65.